The minimum Gasteiger partial charge on any atom is -0.396 e. The summed E-state index contributed by atoms with van der Waals surface area (Å²) >= 11 is 0. The summed E-state index contributed by atoms with van der Waals surface area (Å²) in [6.45, 7) is 6.20. The van der Waals surface area contributed by atoms with Gasteiger partial charge in [-0.05, 0) is 44.9 Å². The van der Waals surface area contributed by atoms with E-state index < -0.39 is 0 Å². The summed E-state index contributed by atoms with van der Waals surface area (Å²) in [5.74, 6) is 0. The zero-order valence-electron chi connectivity index (χ0n) is 18.4. The van der Waals surface area contributed by atoms with Crippen LogP contribution in [0.5, 0.6) is 0 Å². The predicted molar refractivity (Wildman–Crippen MR) is 117 cm³/mol. The Morgan fingerprint density at radius 1 is 0.630 bits per heavy atom. The number of aliphatic hydroxyl groups is 1. The van der Waals surface area contributed by atoms with E-state index in [0.29, 0.717) is 0 Å². The molecule has 0 spiro atoms. The van der Waals surface area contributed by atoms with Gasteiger partial charge in [-0.3, -0.25) is 0 Å². The van der Waals surface area contributed by atoms with Crippen LogP contribution >= 0.6 is 0 Å². The first-order chi connectivity index (χ1) is 13.3. The number of rotatable bonds is 22. The summed E-state index contributed by atoms with van der Waals surface area (Å²) < 4.78 is 11.6. The molecule has 27 heavy (non-hydrogen) atoms. The molecule has 0 aliphatic heterocycles. The Bertz CT molecular complexity index is 283. The topological polar surface area (TPSA) is 38.7 Å². The SMILES string of the molecule is CCCOC(CCCCCCCCCCCCC/C=C/CCO)OCCC. The van der Waals surface area contributed by atoms with Crippen LogP contribution in [0.25, 0.3) is 0 Å². The lowest BCUT2D eigenvalue weighted by Crippen LogP contribution is -2.18. The summed E-state index contributed by atoms with van der Waals surface area (Å²) in [6, 6.07) is 0. The Balaban J connectivity index is 3.29. The number of unbranched alkanes of at least 4 members (excludes halogenated alkanes) is 11. The fraction of sp³-hybridized carbons (Fsp3) is 0.917. The molecule has 0 saturated carbocycles. The Labute approximate surface area is 169 Å². The van der Waals surface area contributed by atoms with Crippen molar-refractivity contribution in [2.45, 2.75) is 123 Å². The molecule has 0 radical (unpaired) electrons. The summed E-state index contributed by atoms with van der Waals surface area (Å²) in [5, 5.41) is 8.69. The molecule has 162 valence electrons. The average molecular weight is 385 g/mol. The molecule has 0 heterocycles. The summed E-state index contributed by atoms with van der Waals surface area (Å²) in [4.78, 5) is 0. The normalized spacial score (nSPS) is 11.9. The smallest absolute Gasteiger partial charge is 0.157 e. The van der Waals surface area contributed by atoms with E-state index in [0.717, 1.165) is 38.9 Å². The Hall–Kier alpha value is -0.380. The second-order valence-corrected chi connectivity index (χ2v) is 7.62. The van der Waals surface area contributed by atoms with Gasteiger partial charge >= 0.3 is 0 Å². The van der Waals surface area contributed by atoms with E-state index in [-0.39, 0.29) is 12.9 Å². The van der Waals surface area contributed by atoms with E-state index in [1.54, 1.807) is 0 Å². The van der Waals surface area contributed by atoms with Gasteiger partial charge in [0.25, 0.3) is 0 Å². The highest BCUT2D eigenvalue weighted by atomic mass is 16.7. The second kappa shape index (κ2) is 23.7. The Morgan fingerprint density at radius 3 is 1.56 bits per heavy atom. The maximum absolute atomic E-state index is 8.69. The van der Waals surface area contributed by atoms with Gasteiger partial charge in [-0.25, -0.2) is 0 Å². The van der Waals surface area contributed by atoms with Crippen molar-refractivity contribution in [1.82, 2.24) is 0 Å². The minimum absolute atomic E-state index is 0.0232. The summed E-state index contributed by atoms with van der Waals surface area (Å²) in [6.07, 6.45) is 24.4. The zero-order valence-corrected chi connectivity index (χ0v) is 18.4. The maximum atomic E-state index is 8.69. The van der Waals surface area contributed by atoms with E-state index in [2.05, 4.69) is 26.0 Å². The molecule has 3 nitrogen and oxygen atoms in total. The van der Waals surface area contributed by atoms with Crippen LogP contribution in [0.1, 0.15) is 117 Å². The van der Waals surface area contributed by atoms with Crippen LogP contribution in [0.3, 0.4) is 0 Å². The maximum Gasteiger partial charge on any atom is 0.157 e. The molecular formula is C24H48O3. The van der Waals surface area contributed by atoms with Crippen LogP contribution < -0.4 is 0 Å². The van der Waals surface area contributed by atoms with Crippen LogP contribution in [0.4, 0.5) is 0 Å². The Morgan fingerprint density at radius 2 is 1.07 bits per heavy atom. The third-order valence-corrected chi connectivity index (χ3v) is 4.79. The third kappa shape index (κ3) is 21.8. The molecular weight excluding hydrogens is 336 g/mol. The highest BCUT2D eigenvalue weighted by molar-refractivity contribution is 4.80. The first-order valence-corrected chi connectivity index (χ1v) is 11.8. The predicted octanol–water partition coefficient (Wildman–Crippen LogP) is 7.18. The van der Waals surface area contributed by atoms with Crippen LogP contribution in [0.2, 0.25) is 0 Å². The molecule has 0 aliphatic carbocycles. The van der Waals surface area contributed by atoms with Gasteiger partial charge in [-0.2, -0.15) is 0 Å². The summed E-state index contributed by atoms with van der Waals surface area (Å²) in [5.41, 5.74) is 0. The van der Waals surface area contributed by atoms with Gasteiger partial charge in [0.2, 0.25) is 0 Å². The average Bonchev–Trinajstić information content (AvgIpc) is 2.69. The monoisotopic (exact) mass is 384 g/mol. The number of hydrogen-bond acceptors (Lipinski definition) is 3. The molecule has 0 rings (SSSR count). The van der Waals surface area contributed by atoms with Crippen LogP contribution in [0, 0.1) is 0 Å². The molecule has 0 unspecified atom stereocenters. The molecule has 0 atom stereocenters. The molecule has 0 fully saturated rings. The molecule has 1 N–H and O–H groups in total. The van der Waals surface area contributed by atoms with Gasteiger partial charge in [0.15, 0.2) is 6.29 Å². The fourth-order valence-corrected chi connectivity index (χ4v) is 3.19. The van der Waals surface area contributed by atoms with Crippen molar-refractivity contribution in [3.63, 3.8) is 0 Å². The van der Waals surface area contributed by atoms with E-state index in [1.807, 2.05) is 0 Å². The van der Waals surface area contributed by atoms with Crippen molar-refractivity contribution in [3.8, 4) is 0 Å². The van der Waals surface area contributed by atoms with Crippen LogP contribution in [-0.4, -0.2) is 31.2 Å². The van der Waals surface area contributed by atoms with Gasteiger partial charge in [0.05, 0.1) is 0 Å². The third-order valence-electron chi connectivity index (χ3n) is 4.79. The zero-order chi connectivity index (χ0) is 19.8. The highest BCUT2D eigenvalue weighted by Crippen LogP contribution is 2.14. The van der Waals surface area contributed by atoms with E-state index in [4.69, 9.17) is 14.6 Å². The van der Waals surface area contributed by atoms with Gasteiger partial charge in [-0.15, -0.1) is 0 Å². The van der Waals surface area contributed by atoms with Crippen LogP contribution in [-0.2, 0) is 9.47 Å². The molecule has 0 aromatic rings. The van der Waals surface area contributed by atoms with Gasteiger partial charge < -0.3 is 14.6 Å². The van der Waals surface area contributed by atoms with Crippen molar-refractivity contribution < 1.29 is 14.6 Å². The van der Waals surface area contributed by atoms with Crippen molar-refractivity contribution >= 4 is 0 Å². The highest BCUT2D eigenvalue weighted by Gasteiger charge is 2.08. The number of hydrogen-bond donors (Lipinski definition) is 1. The van der Waals surface area contributed by atoms with Crippen molar-refractivity contribution in [3.05, 3.63) is 12.2 Å². The second-order valence-electron chi connectivity index (χ2n) is 7.62. The standard InChI is InChI=1S/C24H48O3/c1-3-22-26-24(27-23-4-2)20-18-16-14-12-10-8-6-5-7-9-11-13-15-17-19-21-25/h15,17,24-25H,3-14,16,18-23H2,1-2H3/b17-15+. The molecule has 0 aromatic heterocycles. The first-order valence-electron chi connectivity index (χ1n) is 11.8. The molecule has 0 amide bonds. The first kappa shape index (κ1) is 26.6. The molecule has 0 bridgehead atoms. The quantitative estimate of drug-likeness (QED) is 0.122. The van der Waals surface area contributed by atoms with Crippen molar-refractivity contribution in [2.75, 3.05) is 19.8 Å². The lowest BCUT2D eigenvalue weighted by atomic mass is 10.0. The minimum atomic E-state index is 0.0232. The van der Waals surface area contributed by atoms with E-state index in [9.17, 15) is 0 Å². The molecule has 0 aliphatic rings. The van der Waals surface area contributed by atoms with Crippen molar-refractivity contribution in [2.24, 2.45) is 0 Å². The van der Waals surface area contributed by atoms with Crippen molar-refractivity contribution in [1.29, 1.82) is 0 Å². The molecule has 0 aromatic carbocycles. The largest absolute Gasteiger partial charge is 0.396 e. The molecule has 3 heteroatoms. The number of ether oxygens (including phenoxy) is 2. The fourth-order valence-electron chi connectivity index (χ4n) is 3.19. The molecule has 0 saturated heterocycles. The van der Waals surface area contributed by atoms with Gasteiger partial charge in [-0.1, -0.05) is 83.8 Å². The van der Waals surface area contributed by atoms with Gasteiger partial charge in [0, 0.05) is 19.8 Å². The lowest BCUT2D eigenvalue weighted by molar-refractivity contribution is -0.146. The van der Waals surface area contributed by atoms with E-state index >= 15 is 0 Å². The van der Waals surface area contributed by atoms with Crippen LogP contribution in [0.15, 0.2) is 12.2 Å². The number of aliphatic hydroxyl groups excluding tert-OH is 1. The van der Waals surface area contributed by atoms with Gasteiger partial charge in [0.1, 0.15) is 0 Å². The number of allylic oxidation sites excluding steroid dienone is 1. The lowest BCUT2D eigenvalue weighted by Gasteiger charge is -2.18. The Kier molecular flexibility index (Phi) is 23.3. The summed E-state index contributed by atoms with van der Waals surface area (Å²) in [7, 11) is 0. The van der Waals surface area contributed by atoms with E-state index in [1.165, 1.54) is 77.0 Å².